The van der Waals surface area contributed by atoms with Gasteiger partial charge in [-0.15, -0.1) is 11.3 Å². The molecule has 1 aliphatic carbocycles. The van der Waals surface area contributed by atoms with Crippen molar-refractivity contribution >= 4 is 17.3 Å². The zero-order chi connectivity index (χ0) is 13.3. The molecule has 0 amide bonds. The Hall–Kier alpha value is -1.07. The van der Waals surface area contributed by atoms with Gasteiger partial charge in [0.2, 0.25) is 0 Å². The molecule has 19 heavy (non-hydrogen) atoms. The van der Waals surface area contributed by atoms with Crippen LogP contribution in [0.2, 0.25) is 0 Å². The predicted molar refractivity (Wildman–Crippen MR) is 80.7 cm³/mol. The summed E-state index contributed by atoms with van der Waals surface area (Å²) in [5.41, 5.74) is 0. The lowest BCUT2D eigenvalue weighted by Crippen LogP contribution is -2.37. The Morgan fingerprint density at radius 2 is 2.37 bits per heavy atom. The fraction of sp³-hybridized carbons (Fsp3) is 0.643. The van der Waals surface area contributed by atoms with Gasteiger partial charge in [0.25, 0.3) is 0 Å². The number of guanidine groups is 1. The summed E-state index contributed by atoms with van der Waals surface area (Å²) in [6.07, 6.45) is 3.74. The molecule has 2 rings (SSSR count). The van der Waals surface area contributed by atoms with Gasteiger partial charge in [-0.2, -0.15) is 0 Å². The molecule has 1 heterocycles. The zero-order valence-corrected chi connectivity index (χ0v) is 12.3. The predicted octanol–water partition coefficient (Wildman–Crippen LogP) is 2.23. The SMILES string of the molecule is CN=C(NCCCOCC1CC1)NCc1cccs1. The lowest BCUT2D eigenvalue weighted by Gasteiger charge is -2.11. The number of aliphatic imine (C=N–C) groups is 1. The number of hydrogen-bond acceptors (Lipinski definition) is 3. The van der Waals surface area contributed by atoms with Gasteiger partial charge in [-0.25, -0.2) is 0 Å². The van der Waals surface area contributed by atoms with Crippen LogP contribution in [-0.4, -0.2) is 32.8 Å². The molecule has 1 fully saturated rings. The Labute approximate surface area is 119 Å². The standard InChI is InChI=1S/C14H23N3OS/c1-15-14(17-10-13-4-2-9-19-13)16-7-3-8-18-11-12-5-6-12/h2,4,9,12H,3,5-8,10-11H2,1H3,(H2,15,16,17). The average Bonchev–Trinajstić information content (AvgIpc) is 3.11. The van der Waals surface area contributed by atoms with Gasteiger partial charge in [0.05, 0.1) is 6.54 Å². The Bertz CT molecular complexity index is 374. The number of rotatable bonds is 8. The van der Waals surface area contributed by atoms with E-state index in [2.05, 4.69) is 33.1 Å². The normalized spacial score (nSPS) is 15.5. The van der Waals surface area contributed by atoms with Crippen LogP contribution in [0.4, 0.5) is 0 Å². The van der Waals surface area contributed by atoms with E-state index in [1.807, 2.05) is 0 Å². The molecule has 0 aliphatic heterocycles. The second-order valence-electron chi connectivity index (χ2n) is 4.80. The second-order valence-corrected chi connectivity index (χ2v) is 5.84. The average molecular weight is 281 g/mol. The molecular formula is C14H23N3OS. The lowest BCUT2D eigenvalue weighted by atomic mass is 10.4. The van der Waals surface area contributed by atoms with Crippen LogP contribution in [0.5, 0.6) is 0 Å². The van der Waals surface area contributed by atoms with Crippen molar-refractivity contribution in [3.8, 4) is 0 Å². The highest BCUT2D eigenvalue weighted by Crippen LogP contribution is 2.28. The molecule has 0 spiro atoms. The first-order chi connectivity index (χ1) is 9.38. The summed E-state index contributed by atoms with van der Waals surface area (Å²) in [5.74, 6) is 1.71. The van der Waals surface area contributed by atoms with Gasteiger partial charge in [0.15, 0.2) is 5.96 Å². The number of hydrogen-bond donors (Lipinski definition) is 2. The molecule has 1 saturated carbocycles. The summed E-state index contributed by atoms with van der Waals surface area (Å²) in [6.45, 7) is 3.51. The third kappa shape index (κ3) is 6.07. The summed E-state index contributed by atoms with van der Waals surface area (Å²) in [4.78, 5) is 5.52. The second kappa shape index (κ2) is 8.17. The van der Waals surface area contributed by atoms with Crippen LogP contribution in [0.1, 0.15) is 24.1 Å². The molecule has 0 radical (unpaired) electrons. The van der Waals surface area contributed by atoms with E-state index in [0.717, 1.165) is 44.6 Å². The number of thiophene rings is 1. The molecule has 4 nitrogen and oxygen atoms in total. The largest absolute Gasteiger partial charge is 0.381 e. The molecule has 106 valence electrons. The highest BCUT2D eigenvalue weighted by Gasteiger charge is 2.20. The quantitative estimate of drug-likeness (QED) is 0.436. The fourth-order valence-corrected chi connectivity index (χ4v) is 2.36. The van der Waals surface area contributed by atoms with Gasteiger partial charge < -0.3 is 15.4 Å². The van der Waals surface area contributed by atoms with E-state index in [9.17, 15) is 0 Å². The van der Waals surface area contributed by atoms with E-state index in [-0.39, 0.29) is 0 Å². The van der Waals surface area contributed by atoms with Crippen molar-refractivity contribution in [2.24, 2.45) is 10.9 Å². The summed E-state index contributed by atoms with van der Waals surface area (Å²) in [7, 11) is 1.80. The van der Waals surface area contributed by atoms with Gasteiger partial charge >= 0.3 is 0 Å². The van der Waals surface area contributed by atoms with E-state index >= 15 is 0 Å². The minimum atomic E-state index is 0.829. The van der Waals surface area contributed by atoms with Crippen molar-refractivity contribution < 1.29 is 4.74 Å². The van der Waals surface area contributed by atoms with Crippen molar-refractivity contribution in [1.29, 1.82) is 0 Å². The summed E-state index contributed by atoms with van der Waals surface area (Å²) >= 11 is 1.75. The molecule has 0 aromatic carbocycles. The molecule has 1 aliphatic rings. The Morgan fingerprint density at radius 1 is 1.47 bits per heavy atom. The highest BCUT2D eigenvalue weighted by molar-refractivity contribution is 7.09. The van der Waals surface area contributed by atoms with E-state index in [0.29, 0.717) is 0 Å². The first kappa shape index (κ1) is 14.3. The molecule has 0 bridgehead atoms. The van der Waals surface area contributed by atoms with E-state index in [1.54, 1.807) is 18.4 Å². The summed E-state index contributed by atoms with van der Waals surface area (Å²) in [6, 6.07) is 4.19. The number of nitrogens with one attached hydrogen (secondary N) is 2. The Morgan fingerprint density at radius 3 is 3.05 bits per heavy atom. The lowest BCUT2D eigenvalue weighted by molar-refractivity contribution is 0.123. The zero-order valence-electron chi connectivity index (χ0n) is 11.5. The monoisotopic (exact) mass is 281 g/mol. The maximum absolute atomic E-state index is 5.59. The van der Waals surface area contributed by atoms with Gasteiger partial charge in [0.1, 0.15) is 0 Å². The Kier molecular flexibility index (Phi) is 6.17. The molecule has 1 aromatic heterocycles. The third-order valence-electron chi connectivity index (χ3n) is 3.04. The maximum atomic E-state index is 5.59. The van der Waals surface area contributed by atoms with Crippen LogP contribution >= 0.6 is 11.3 Å². The van der Waals surface area contributed by atoms with Crippen molar-refractivity contribution in [3.63, 3.8) is 0 Å². The minimum absolute atomic E-state index is 0.829. The molecular weight excluding hydrogens is 258 g/mol. The topological polar surface area (TPSA) is 45.7 Å². The van der Waals surface area contributed by atoms with Crippen molar-refractivity contribution in [2.45, 2.75) is 25.8 Å². The highest BCUT2D eigenvalue weighted by atomic mass is 32.1. The van der Waals surface area contributed by atoms with Crippen LogP contribution < -0.4 is 10.6 Å². The summed E-state index contributed by atoms with van der Waals surface area (Å²) in [5, 5.41) is 8.69. The number of nitrogens with zero attached hydrogens (tertiary/aromatic N) is 1. The van der Waals surface area contributed by atoms with Crippen molar-refractivity contribution in [1.82, 2.24) is 10.6 Å². The molecule has 0 atom stereocenters. The van der Waals surface area contributed by atoms with E-state index < -0.39 is 0 Å². The van der Waals surface area contributed by atoms with Gasteiger partial charge in [0, 0.05) is 31.7 Å². The molecule has 0 saturated heterocycles. The van der Waals surface area contributed by atoms with Gasteiger partial charge in [-0.3, -0.25) is 4.99 Å². The van der Waals surface area contributed by atoms with Crippen molar-refractivity contribution in [3.05, 3.63) is 22.4 Å². The third-order valence-corrected chi connectivity index (χ3v) is 3.92. The first-order valence-corrected chi connectivity index (χ1v) is 7.81. The van der Waals surface area contributed by atoms with Crippen molar-refractivity contribution in [2.75, 3.05) is 26.8 Å². The van der Waals surface area contributed by atoms with Crippen LogP contribution in [0.25, 0.3) is 0 Å². The van der Waals surface area contributed by atoms with Gasteiger partial charge in [-0.1, -0.05) is 6.07 Å². The van der Waals surface area contributed by atoms with E-state index in [1.165, 1.54) is 17.7 Å². The minimum Gasteiger partial charge on any atom is -0.381 e. The molecule has 0 unspecified atom stereocenters. The summed E-state index contributed by atoms with van der Waals surface area (Å²) < 4.78 is 5.59. The van der Waals surface area contributed by atoms with E-state index in [4.69, 9.17) is 4.74 Å². The molecule has 2 N–H and O–H groups in total. The fourth-order valence-electron chi connectivity index (χ4n) is 1.72. The van der Waals surface area contributed by atoms with Gasteiger partial charge in [-0.05, 0) is 36.6 Å². The maximum Gasteiger partial charge on any atom is 0.191 e. The van der Waals surface area contributed by atoms with Crippen LogP contribution in [0.15, 0.2) is 22.5 Å². The molecule has 5 heteroatoms. The number of ether oxygens (including phenoxy) is 1. The van der Waals surface area contributed by atoms with Crippen LogP contribution in [-0.2, 0) is 11.3 Å². The Balaban J connectivity index is 1.49. The van der Waals surface area contributed by atoms with Crippen LogP contribution in [0, 0.1) is 5.92 Å². The first-order valence-electron chi connectivity index (χ1n) is 6.93. The smallest absolute Gasteiger partial charge is 0.191 e. The van der Waals surface area contributed by atoms with Crippen LogP contribution in [0.3, 0.4) is 0 Å². The molecule has 1 aromatic rings.